The molecule has 0 aliphatic heterocycles. The molecular weight excluding hydrogens is 364 g/mol. The van der Waals surface area contributed by atoms with Gasteiger partial charge in [0.2, 0.25) is 0 Å². The average molecular weight is 405 g/mol. The summed E-state index contributed by atoms with van der Waals surface area (Å²) in [6.07, 6.45) is 4.63. The van der Waals surface area contributed by atoms with Crippen LogP contribution in [-0.2, 0) is 22.7 Å². The zero-order valence-electron chi connectivity index (χ0n) is 20.7. The van der Waals surface area contributed by atoms with Crippen LogP contribution in [0.5, 0.6) is 0 Å². The van der Waals surface area contributed by atoms with E-state index in [-0.39, 0.29) is 16.2 Å². The molecule has 0 aliphatic carbocycles. The minimum absolute atomic E-state index is 0.0869. The van der Waals surface area contributed by atoms with Crippen molar-refractivity contribution in [2.45, 2.75) is 91.9 Å². The summed E-state index contributed by atoms with van der Waals surface area (Å²) in [5.74, 6) is 0. The first-order chi connectivity index (χ1) is 13.7. The van der Waals surface area contributed by atoms with Crippen molar-refractivity contribution in [3.63, 3.8) is 0 Å². The van der Waals surface area contributed by atoms with Gasteiger partial charge in [-0.2, -0.15) is 0 Å². The maximum absolute atomic E-state index is 4.71. The predicted molar refractivity (Wildman–Crippen MR) is 135 cm³/mol. The predicted octanol–water partition coefficient (Wildman–Crippen LogP) is 8.25. The van der Waals surface area contributed by atoms with E-state index in [0.29, 0.717) is 0 Å². The standard InChI is InChI=1S/C28H40N2/c1-11-20-14-21(26(2,3)4)17-24(15-20)29-12-13-30-25-18-22(27(5,6)7)16-23(19-25)28(8,9)10/h12-19H,11H2,1-10H3. The molecular formula is C28H40N2. The zero-order valence-corrected chi connectivity index (χ0v) is 20.7. The molecule has 0 spiro atoms. The Kier molecular flexibility index (Phi) is 7.12. The molecule has 0 atom stereocenters. The molecule has 0 aliphatic rings. The number of benzene rings is 2. The lowest BCUT2D eigenvalue weighted by Crippen LogP contribution is -2.16. The summed E-state index contributed by atoms with van der Waals surface area (Å²) < 4.78 is 0. The fourth-order valence-electron chi connectivity index (χ4n) is 3.18. The molecule has 2 nitrogen and oxygen atoms in total. The van der Waals surface area contributed by atoms with E-state index in [2.05, 4.69) is 111 Å². The van der Waals surface area contributed by atoms with Gasteiger partial charge >= 0.3 is 0 Å². The van der Waals surface area contributed by atoms with Crippen LogP contribution >= 0.6 is 0 Å². The van der Waals surface area contributed by atoms with Crippen LogP contribution in [-0.4, -0.2) is 12.4 Å². The van der Waals surface area contributed by atoms with Gasteiger partial charge < -0.3 is 0 Å². The highest BCUT2D eigenvalue weighted by molar-refractivity contribution is 6.17. The van der Waals surface area contributed by atoms with E-state index in [1.165, 1.54) is 22.3 Å². The Morgan fingerprint density at radius 3 is 1.30 bits per heavy atom. The highest BCUT2D eigenvalue weighted by atomic mass is 14.8. The van der Waals surface area contributed by atoms with E-state index in [9.17, 15) is 0 Å². The Morgan fingerprint density at radius 1 is 0.567 bits per heavy atom. The molecule has 2 aromatic rings. The summed E-state index contributed by atoms with van der Waals surface area (Å²) in [6, 6.07) is 13.3. The second-order valence-corrected chi connectivity index (χ2v) is 11.3. The van der Waals surface area contributed by atoms with Gasteiger partial charge in [0.05, 0.1) is 11.4 Å². The second kappa shape index (κ2) is 8.88. The summed E-state index contributed by atoms with van der Waals surface area (Å²) in [4.78, 5) is 9.38. The first-order valence-corrected chi connectivity index (χ1v) is 11.1. The van der Waals surface area contributed by atoms with Gasteiger partial charge in [-0.15, -0.1) is 0 Å². The van der Waals surface area contributed by atoms with Gasteiger partial charge in [0.15, 0.2) is 0 Å². The molecule has 30 heavy (non-hydrogen) atoms. The largest absolute Gasteiger partial charge is 0.255 e. The van der Waals surface area contributed by atoms with E-state index in [1.54, 1.807) is 0 Å². The number of aryl methyl sites for hydroxylation is 1. The molecule has 0 saturated heterocycles. The Balaban J connectivity index is 2.34. The van der Waals surface area contributed by atoms with Crippen molar-refractivity contribution < 1.29 is 0 Å². The summed E-state index contributed by atoms with van der Waals surface area (Å²) in [6.45, 7) is 22.4. The smallest absolute Gasteiger partial charge is 0.0636 e. The highest BCUT2D eigenvalue weighted by Crippen LogP contribution is 2.33. The number of aliphatic imine (C=N–C) groups is 2. The molecule has 0 aromatic heterocycles. The Hall–Kier alpha value is -2.22. The van der Waals surface area contributed by atoms with Gasteiger partial charge in [-0.3, -0.25) is 9.98 Å². The maximum Gasteiger partial charge on any atom is 0.0636 e. The van der Waals surface area contributed by atoms with Crippen LogP contribution < -0.4 is 0 Å². The third-order valence-electron chi connectivity index (χ3n) is 5.42. The zero-order chi connectivity index (χ0) is 22.7. The van der Waals surface area contributed by atoms with Gasteiger partial charge in [-0.05, 0) is 69.2 Å². The van der Waals surface area contributed by atoms with Crippen LogP contribution in [0.25, 0.3) is 0 Å². The minimum Gasteiger partial charge on any atom is -0.255 e. The van der Waals surface area contributed by atoms with Crippen LogP contribution in [0.15, 0.2) is 46.4 Å². The normalized spacial score (nSPS) is 13.5. The fourth-order valence-corrected chi connectivity index (χ4v) is 3.18. The molecule has 0 amide bonds. The first kappa shape index (κ1) is 24.1. The van der Waals surface area contributed by atoms with Crippen LogP contribution in [0.1, 0.15) is 91.5 Å². The van der Waals surface area contributed by atoms with Crippen molar-refractivity contribution in [2.75, 3.05) is 0 Å². The van der Waals surface area contributed by atoms with E-state index in [4.69, 9.17) is 4.99 Å². The SMILES string of the molecule is CCc1cc(N=CC=Nc2cc(C(C)(C)C)cc(C(C)(C)C)c2)cc(C(C)(C)C)c1. The molecule has 0 heterocycles. The molecule has 2 heteroatoms. The van der Waals surface area contributed by atoms with Crippen molar-refractivity contribution in [1.29, 1.82) is 0 Å². The van der Waals surface area contributed by atoms with Crippen LogP contribution in [0, 0.1) is 0 Å². The summed E-state index contributed by atoms with van der Waals surface area (Å²) in [5.41, 5.74) is 7.51. The summed E-state index contributed by atoms with van der Waals surface area (Å²) in [7, 11) is 0. The topological polar surface area (TPSA) is 24.7 Å². The molecule has 0 radical (unpaired) electrons. The quantitative estimate of drug-likeness (QED) is 0.458. The van der Waals surface area contributed by atoms with E-state index in [0.717, 1.165) is 17.8 Å². The molecule has 0 unspecified atom stereocenters. The van der Waals surface area contributed by atoms with E-state index < -0.39 is 0 Å². The first-order valence-electron chi connectivity index (χ1n) is 11.1. The molecule has 0 N–H and O–H groups in total. The number of hydrogen-bond donors (Lipinski definition) is 0. The summed E-state index contributed by atoms with van der Waals surface area (Å²) >= 11 is 0. The number of nitrogens with zero attached hydrogens (tertiary/aromatic N) is 2. The van der Waals surface area contributed by atoms with Crippen molar-refractivity contribution in [1.82, 2.24) is 0 Å². The highest BCUT2D eigenvalue weighted by Gasteiger charge is 2.20. The molecule has 0 fully saturated rings. The average Bonchev–Trinajstić information content (AvgIpc) is 2.62. The van der Waals surface area contributed by atoms with Crippen LogP contribution in [0.3, 0.4) is 0 Å². The molecule has 162 valence electrons. The Bertz CT molecular complexity index is 894. The summed E-state index contributed by atoms with van der Waals surface area (Å²) in [5, 5.41) is 0. The Morgan fingerprint density at radius 2 is 0.933 bits per heavy atom. The lowest BCUT2D eigenvalue weighted by atomic mass is 9.80. The van der Waals surface area contributed by atoms with E-state index in [1.807, 2.05) is 12.4 Å². The van der Waals surface area contributed by atoms with Crippen LogP contribution in [0.4, 0.5) is 11.4 Å². The maximum atomic E-state index is 4.71. The third kappa shape index (κ3) is 6.65. The molecule has 0 bridgehead atoms. The number of rotatable bonds is 4. The van der Waals surface area contributed by atoms with Gasteiger partial charge in [0.25, 0.3) is 0 Å². The lowest BCUT2D eigenvalue weighted by Gasteiger charge is -2.25. The number of hydrogen-bond acceptors (Lipinski definition) is 2. The van der Waals surface area contributed by atoms with Gasteiger partial charge in [0.1, 0.15) is 0 Å². The third-order valence-corrected chi connectivity index (χ3v) is 5.42. The minimum atomic E-state index is 0.0869. The molecule has 2 aromatic carbocycles. The monoisotopic (exact) mass is 404 g/mol. The van der Waals surface area contributed by atoms with Crippen LogP contribution in [0.2, 0.25) is 0 Å². The van der Waals surface area contributed by atoms with Crippen molar-refractivity contribution in [2.24, 2.45) is 9.98 Å². The van der Waals surface area contributed by atoms with Gasteiger partial charge in [-0.25, -0.2) is 0 Å². The fraction of sp³-hybridized carbons (Fsp3) is 0.500. The molecule has 0 saturated carbocycles. The van der Waals surface area contributed by atoms with Crippen molar-refractivity contribution >= 4 is 23.8 Å². The lowest BCUT2D eigenvalue weighted by molar-refractivity contribution is 0.569. The van der Waals surface area contributed by atoms with Crippen molar-refractivity contribution in [3.05, 3.63) is 58.7 Å². The molecule has 2 rings (SSSR count). The van der Waals surface area contributed by atoms with Crippen molar-refractivity contribution in [3.8, 4) is 0 Å². The van der Waals surface area contributed by atoms with E-state index >= 15 is 0 Å². The second-order valence-electron chi connectivity index (χ2n) is 11.3. The van der Waals surface area contributed by atoms with Gasteiger partial charge in [-0.1, -0.05) is 81.4 Å². The van der Waals surface area contributed by atoms with Gasteiger partial charge in [0, 0.05) is 12.4 Å². The Labute approximate surface area is 184 Å².